The summed E-state index contributed by atoms with van der Waals surface area (Å²) in [6.45, 7) is 7.50. The molecule has 2 aromatic rings. The van der Waals surface area contributed by atoms with Gasteiger partial charge in [-0.1, -0.05) is 18.6 Å². The van der Waals surface area contributed by atoms with E-state index in [2.05, 4.69) is 35.8 Å². The van der Waals surface area contributed by atoms with Gasteiger partial charge in [-0.15, -0.1) is 0 Å². The van der Waals surface area contributed by atoms with Crippen LogP contribution in [0, 0.1) is 18.6 Å². The van der Waals surface area contributed by atoms with Crippen molar-refractivity contribution in [3.8, 4) is 5.69 Å². The van der Waals surface area contributed by atoms with Gasteiger partial charge in [0, 0.05) is 5.69 Å². The van der Waals surface area contributed by atoms with Crippen molar-refractivity contribution in [1.82, 2.24) is 14.3 Å². The minimum Gasteiger partial charge on any atom is -0.316 e. The van der Waals surface area contributed by atoms with E-state index in [9.17, 15) is 0 Å². The van der Waals surface area contributed by atoms with Crippen molar-refractivity contribution in [2.45, 2.75) is 52.6 Å². The van der Waals surface area contributed by atoms with Crippen molar-refractivity contribution in [3.05, 3.63) is 40.4 Å². The van der Waals surface area contributed by atoms with Crippen LogP contribution in [0.5, 0.6) is 0 Å². The Morgan fingerprint density at radius 3 is 2.48 bits per heavy atom. The first-order chi connectivity index (χ1) is 11.1. The Labute approximate surface area is 143 Å². The second kappa shape index (κ2) is 7.41. The summed E-state index contributed by atoms with van der Waals surface area (Å²) in [5, 5.41) is 4.72. The molecule has 124 valence electrons. The van der Waals surface area contributed by atoms with Gasteiger partial charge in [0.25, 0.3) is 0 Å². The summed E-state index contributed by atoms with van der Waals surface area (Å²) in [6.07, 6.45) is 6.77. The van der Waals surface area contributed by atoms with E-state index in [1.165, 1.54) is 50.8 Å². The van der Waals surface area contributed by atoms with Crippen molar-refractivity contribution in [2.24, 2.45) is 0 Å². The summed E-state index contributed by atoms with van der Waals surface area (Å²) in [5.74, 6) is 0.965. The van der Waals surface area contributed by atoms with E-state index < -0.39 is 0 Å². The van der Waals surface area contributed by atoms with Crippen molar-refractivity contribution in [3.63, 3.8) is 0 Å². The van der Waals surface area contributed by atoms with Gasteiger partial charge >= 0.3 is 0 Å². The molecule has 0 aliphatic carbocycles. The van der Waals surface area contributed by atoms with Crippen LogP contribution < -0.4 is 4.90 Å². The number of nitrogens with one attached hydrogen (secondary N) is 1. The molecule has 1 N–H and O–H groups in total. The summed E-state index contributed by atoms with van der Waals surface area (Å²) in [4.78, 5) is 1.61. The molecule has 1 fully saturated rings. The first-order valence-electron chi connectivity index (χ1n) is 8.72. The lowest BCUT2D eigenvalue weighted by molar-refractivity contribution is -0.924. The van der Waals surface area contributed by atoms with Gasteiger partial charge in [0.15, 0.2) is 6.67 Å². The molecule has 0 radical (unpaired) electrons. The summed E-state index contributed by atoms with van der Waals surface area (Å²) < 4.78 is 4.91. The fraction of sp³-hybridized carbons (Fsp3) is 0.556. The van der Waals surface area contributed by atoms with E-state index in [4.69, 9.17) is 17.3 Å². The van der Waals surface area contributed by atoms with Crippen LogP contribution in [0.1, 0.15) is 43.5 Å². The molecule has 1 aliphatic rings. The molecule has 1 aromatic carbocycles. The maximum Gasteiger partial charge on any atom is 0.207 e. The van der Waals surface area contributed by atoms with E-state index in [1.54, 1.807) is 4.90 Å². The number of quaternary nitrogens is 1. The minimum atomic E-state index is 0.808. The highest BCUT2D eigenvalue weighted by molar-refractivity contribution is 7.71. The lowest BCUT2D eigenvalue weighted by atomic mass is 10.1. The molecule has 1 aliphatic heterocycles. The van der Waals surface area contributed by atoms with Crippen LogP contribution in [0.25, 0.3) is 5.69 Å². The fourth-order valence-corrected chi connectivity index (χ4v) is 3.80. The molecule has 0 spiro atoms. The number of hydrogen-bond acceptors (Lipinski definition) is 2. The van der Waals surface area contributed by atoms with Gasteiger partial charge < -0.3 is 4.90 Å². The van der Waals surface area contributed by atoms with Crippen LogP contribution in [0.4, 0.5) is 0 Å². The maximum absolute atomic E-state index is 5.72. The lowest BCUT2D eigenvalue weighted by Crippen LogP contribution is -3.11. The topological polar surface area (TPSA) is 27.2 Å². The second-order valence-electron chi connectivity index (χ2n) is 6.68. The third-order valence-corrected chi connectivity index (χ3v) is 5.09. The molecule has 23 heavy (non-hydrogen) atoms. The minimum absolute atomic E-state index is 0.808. The summed E-state index contributed by atoms with van der Waals surface area (Å²) in [6, 6.07) is 8.45. The molecule has 4 nitrogen and oxygen atoms in total. The van der Waals surface area contributed by atoms with Gasteiger partial charge in [-0.25, -0.2) is 0 Å². The van der Waals surface area contributed by atoms with Gasteiger partial charge in [-0.2, -0.15) is 9.78 Å². The van der Waals surface area contributed by atoms with Gasteiger partial charge in [-0.3, -0.25) is 4.57 Å². The molecule has 3 rings (SSSR count). The van der Waals surface area contributed by atoms with Crippen molar-refractivity contribution in [2.75, 3.05) is 13.1 Å². The highest BCUT2D eigenvalue weighted by atomic mass is 32.1. The number of likely N-dealkylation sites (tertiary alicyclic amines) is 1. The van der Waals surface area contributed by atoms with Crippen LogP contribution in [-0.2, 0) is 6.67 Å². The SMILES string of the molecule is Cc1cccc(-n2c(C)nn(C[NH+]3CCCCCCC3)c2=S)c1. The molecule has 1 aromatic heterocycles. The van der Waals surface area contributed by atoms with Crippen molar-refractivity contribution in [1.29, 1.82) is 0 Å². The number of rotatable bonds is 3. The Kier molecular flexibility index (Phi) is 5.28. The highest BCUT2D eigenvalue weighted by Crippen LogP contribution is 2.13. The third kappa shape index (κ3) is 3.90. The van der Waals surface area contributed by atoms with Crippen LogP contribution in [0.15, 0.2) is 24.3 Å². The first-order valence-corrected chi connectivity index (χ1v) is 9.13. The first kappa shape index (κ1) is 16.4. The van der Waals surface area contributed by atoms with Gasteiger partial charge in [-0.05, 0) is 69.4 Å². The Balaban J connectivity index is 1.84. The normalized spacial score (nSPS) is 17.0. The van der Waals surface area contributed by atoms with Gasteiger partial charge in [0.05, 0.1) is 13.1 Å². The smallest absolute Gasteiger partial charge is 0.207 e. The van der Waals surface area contributed by atoms with E-state index in [-0.39, 0.29) is 0 Å². The molecule has 1 saturated heterocycles. The molecule has 0 atom stereocenters. The van der Waals surface area contributed by atoms with Crippen LogP contribution in [0.3, 0.4) is 0 Å². The predicted octanol–water partition coefficient (Wildman–Crippen LogP) is 2.83. The second-order valence-corrected chi connectivity index (χ2v) is 7.04. The van der Waals surface area contributed by atoms with Gasteiger partial charge in [0.2, 0.25) is 4.77 Å². The zero-order valence-electron chi connectivity index (χ0n) is 14.2. The predicted molar refractivity (Wildman–Crippen MR) is 95.6 cm³/mol. The average molecular weight is 332 g/mol. The molecular weight excluding hydrogens is 304 g/mol. The van der Waals surface area contributed by atoms with Crippen LogP contribution in [-0.4, -0.2) is 27.4 Å². The summed E-state index contributed by atoms with van der Waals surface area (Å²) in [7, 11) is 0. The Bertz CT molecular complexity index is 708. The summed E-state index contributed by atoms with van der Waals surface area (Å²) >= 11 is 5.72. The van der Waals surface area contributed by atoms with E-state index >= 15 is 0 Å². The summed E-state index contributed by atoms with van der Waals surface area (Å²) in [5.41, 5.74) is 2.35. The Morgan fingerprint density at radius 2 is 1.78 bits per heavy atom. The Hall–Kier alpha value is -1.46. The van der Waals surface area contributed by atoms with E-state index in [0.29, 0.717) is 0 Å². The van der Waals surface area contributed by atoms with Gasteiger partial charge in [0.1, 0.15) is 5.82 Å². The molecule has 0 saturated carbocycles. The third-order valence-electron chi connectivity index (χ3n) is 4.70. The van der Waals surface area contributed by atoms with Crippen molar-refractivity contribution < 1.29 is 4.90 Å². The molecular formula is C18H27N4S+. The highest BCUT2D eigenvalue weighted by Gasteiger charge is 2.15. The van der Waals surface area contributed by atoms with E-state index in [1.807, 2.05) is 11.6 Å². The molecule has 5 heteroatoms. The quantitative estimate of drug-likeness (QED) is 0.876. The lowest BCUT2D eigenvalue weighted by Gasteiger charge is -2.21. The average Bonchev–Trinajstić information content (AvgIpc) is 2.76. The number of benzene rings is 1. The number of aryl methyl sites for hydroxylation is 2. The molecule has 2 heterocycles. The standard InChI is InChI=1S/C18H26N4S/c1-15-9-8-10-17(13-15)22-16(2)19-21(18(22)23)14-20-11-6-4-3-5-7-12-20/h8-10,13H,3-7,11-12,14H2,1-2H3/p+1. The zero-order valence-corrected chi connectivity index (χ0v) is 15.0. The number of nitrogens with zero attached hydrogens (tertiary/aromatic N) is 3. The van der Waals surface area contributed by atoms with Crippen LogP contribution >= 0.6 is 12.2 Å². The van der Waals surface area contributed by atoms with Crippen LogP contribution in [0.2, 0.25) is 0 Å². The number of hydrogen-bond donors (Lipinski definition) is 1. The zero-order chi connectivity index (χ0) is 16.2. The Morgan fingerprint density at radius 1 is 1.09 bits per heavy atom. The molecule has 0 amide bonds. The molecule has 0 unspecified atom stereocenters. The maximum atomic E-state index is 5.72. The van der Waals surface area contributed by atoms with E-state index in [0.717, 1.165) is 23.0 Å². The van der Waals surface area contributed by atoms with Crippen molar-refractivity contribution >= 4 is 12.2 Å². The largest absolute Gasteiger partial charge is 0.316 e. The monoisotopic (exact) mass is 331 g/mol. The molecule has 0 bridgehead atoms. The number of aromatic nitrogens is 3. The fourth-order valence-electron chi connectivity index (χ4n) is 3.46.